The lowest BCUT2D eigenvalue weighted by Crippen LogP contribution is -2.38. The number of alkyl halides is 2. The summed E-state index contributed by atoms with van der Waals surface area (Å²) in [5, 5.41) is 10.3. The molecule has 1 atom stereocenters. The van der Waals surface area contributed by atoms with Crippen molar-refractivity contribution in [1.29, 1.82) is 0 Å². The first-order valence-electron chi connectivity index (χ1n) is 10.6. The molecule has 1 N–H and O–H groups in total. The van der Waals surface area contributed by atoms with Gasteiger partial charge >= 0.3 is 19.0 Å². The molecular weight excluding hydrogens is 395 g/mol. The van der Waals surface area contributed by atoms with Crippen LogP contribution >= 0.6 is 0 Å². The number of ketones is 1. The molecule has 1 fully saturated rings. The summed E-state index contributed by atoms with van der Waals surface area (Å²) >= 11 is 0. The minimum absolute atomic E-state index is 0.164. The standard InChI is InChI=1S/C21H28BF2NO5/c1-2-21(23,24)18(26)14-16-13-15-7-6-8-17(19(15)30-22(16)28)20(27)29-12-11-25-9-4-3-5-10-25/h6-8,16,28H,2-5,9-14H2,1H3/t16-/m1/s1. The highest BCUT2D eigenvalue weighted by Crippen LogP contribution is 2.38. The Morgan fingerprint density at radius 2 is 2.03 bits per heavy atom. The van der Waals surface area contributed by atoms with E-state index in [1.165, 1.54) is 13.3 Å². The van der Waals surface area contributed by atoms with Gasteiger partial charge in [-0.1, -0.05) is 25.5 Å². The third-order valence-electron chi connectivity index (χ3n) is 5.83. The van der Waals surface area contributed by atoms with Crippen molar-refractivity contribution in [3.63, 3.8) is 0 Å². The van der Waals surface area contributed by atoms with E-state index in [1.54, 1.807) is 18.2 Å². The largest absolute Gasteiger partial charge is 0.535 e. The van der Waals surface area contributed by atoms with E-state index < -0.39 is 43.5 Å². The van der Waals surface area contributed by atoms with E-state index in [9.17, 15) is 23.4 Å². The number of nitrogens with zero attached hydrogens (tertiary/aromatic N) is 1. The first-order chi connectivity index (χ1) is 14.3. The molecule has 0 bridgehead atoms. The minimum atomic E-state index is -3.42. The van der Waals surface area contributed by atoms with Crippen molar-refractivity contribution in [2.24, 2.45) is 0 Å². The fourth-order valence-electron chi connectivity index (χ4n) is 3.93. The van der Waals surface area contributed by atoms with Crippen LogP contribution in [0.25, 0.3) is 0 Å². The Kier molecular flexibility index (Phi) is 7.47. The monoisotopic (exact) mass is 423 g/mol. The van der Waals surface area contributed by atoms with Gasteiger partial charge in [-0.15, -0.1) is 0 Å². The van der Waals surface area contributed by atoms with Gasteiger partial charge in [0.15, 0.2) is 0 Å². The first kappa shape index (κ1) is 22.7. The van der Waals surface area contributed by atoms with Crippen molar-refractivity contribution in [3.8, 4) is 5.75 Å². The van der Waals surface area contributed by atoms with E-state index in [0.717, 1.165) is 25.9 Å². The topological polar surface area (TPSA) is 76.1 Å². The average molecular weight is 423 g/mol. The third-order valence-corrected chi connectivity index (χ3v) is 5.83. The second-order valence-electron chi connectivity index (χ2n) is 7.99. The molecule has 1 aromatic rings. The number of esters is 1. The zero-order valence-electron chi connectivity index (χ0n) is 17.2. The summed E-state index contributed by atoms with van der Waals surface area (Å²) in [5.41, 5.74) is 0.775. The van der Waals surface area contributed by atoms with Crippen molar-refractivity contribution in [3.05, 3.63) is 29.3 Å². The second-order valence-corrected chi connectivity index (χ2v) is 7.99. The molecule has 2 aliphatic heterocycles. The van der Waals surface area contributed by atoms with Crippen LogP contribution in [0.5, 0.6) is 5.75 Å². The molecule has 2 heterocycles. The van der Waals surface area contributed by atoms with Crippen LogP contribution in [0.1, 0.15) is 54.9 Å². The highest BCUT2D eigenvalue weighted by atomic mass is 19.3. The Balaban J connectivity index is 1.62. The highest BCUT2D eigenvalue weighted by Gasteiger charge is 2.43. The van der Waals surface area contributed by atoms with Gasteiger partial charge in [-0.05, 0) is 44.0 Å². The maximum Gasteiger partial charge on any atom is 0.526 e. The van der Waals surface area contributed by atoms with E-state index in [4.69, 9.17) is 9.39 Å². The van der Waals surface area contributed by atoms with Crippen molar-refractivity contribution in [1.82, 2.24) is 4.90 Å². The number of carbonyl (C=O) groups is 2. The maximum atomic E-state index is 13.6. The molecule has 164 valence electrons. The molecule has 0 spiro atoms. The molecule has 1 aromatic carbocycles. The molecule has 30 heavy (non-hydrogen) atoms. The van der Waals surface area contributed by atoms with E-state index >= 15 is 0 Å². The SMILES string of the molecule is CCC(F)(F)C(=O)C[C@H]1Cc2cccc(C(=O)OCCN3CCCCC3)c2OB1O. The number of hydrogen-bond acceptors (Lipinski definition) is 6. The molecule has 9 heteroatoms. The van der Waals surface area contributed by atoms with Crippen LogP contribution in [-0.2, 0) is 16.0 Å². The predicted octanol–water partition coefficient (Wildman–Crippen LogP) is 3.12. The van der Waals surface area contributed by atoms with E-state index in [2.05, 4.69) is 4.90 Å². The van der Waals surface area contributed by atoms with Crippen molar-refractivity contribution < 1.29 is 32.8 Å². The smallest absolute Gasteiger partial charge is 0.526 e. The number of fused-ring (bicyclic) bond motifs is 1. The number of benzene rings is 1. The third kappa shape index (κ3) is 5.37. The summed E-state index contributed by atoms with van der Waals surface area (Å²) in [7, 11) is -1.45. The van der Waals surface area contributed by atoms with Crippen LogP contribution in [0.3, 0.4) is 0 Å². The Bertz CT molecular complexity index is 770. The molecular formula is C21H28BF2NO5. The number of rotatable bonds is 8. The maximum absolute atomic E-state index is 13.6. The summed E-state index contributed by atoms with van der Waals surface area (Å²) < 4.78 is 38.1. The van der Waals surface area contributed by atoms with Gasteiger partial charge in [0.2, 0.25) is 5.78 Å². The lowest BCUT2D eigenvalue weighted by Gasteiger charge is -2.29. The molecule has 0 amide bonds. The quantitative estimate of drug-likeness (QED) is 0.512. The fourth-order valence-corrected chi connectivity index (χ4v) is 3.93. The Labute approximate surface area is 175 Å². The van der Waals surface area contributed by atoms with Crippen molar-refractivity contribution in [2.45, 2.75) is 57.2 Å². The number of ether oxygens (including phenoxy) is 1. The number of para-hydroxylation sites is 1. The molecule has 0 aromatic heterocycles. The van der Waals surface area contributed by atoms with Crippen LogP contribution in [0, 0.1) is 0 Å². The summed E-state index contributed by atoms with van der Waals surface area (Å²) in [6.07, 6.45) is 2.62. The molecule has 2 aliphatic rings. The fraction of sp³-hybridized carbons (Fsp3) is 0.619. The van der Waals surface area contributed by atoms with Gasteiger partial charge in [0.05, 0.1) is 0 Å². The molecule has 1 saturated heterocycles. The summed E-state index contributed by atoms with van der Waals surface area (Å²) in [5.74, 6) is -5.79. The summed E-state index contributed by atoms with van der Waals surface area (Å²) in [6, 6.07) is 4.90. The van der Waals surface area contributed by atoms with E-state index in [-0.39, 0.29) is 24.3 Å². The lowest BCUT2D eigenvalue weighted by molar-refractivity contribution is -0.143. The number of piperidine rings is 1. The van der Waals surface area contributed by atoms with E-state index in [0.29, 0.717) is 12.1 Å². The van der Waals surface area contributed by atoms with Crippen LogP contribution in [0.2, 0.25) is 5.82 Å². The molecule has 0 aliphatic carbocycles. The zero-order valence-corrected chi connectivity index (χ0v) is 17.2. The van der Waals surface area contributed by atoms with Gasteiger partial charge in [-0.3, -0.25) is 9.69 Å². The number of halogens is 2. The van der Waals surface area contributed by atoms with Crippen molar-refractivity contribution >= 4 is 18.9 Å². The van der Waals surface area contributed by atoms with Gasteiger partial charge in [0.25, 0.3) is 0 Å². The predicted molar refractivity (Wildman–Crippen MR) is 108 cm³/mol. The van der Waals surface area contributed by atoms with Gasteiger partial charge in [-0.2, -0.15) is 8.78 Å². The first-order valence-corrected chi connectivity index (χ1v) is 10.6. The summed E-state index contributed by atoms with van der Waals surface area (Å²) in [4.78, 5) is 26.6. The zero-order chi connectivity index (χ0) is 21.7. The van der Waals surface area contributed by atoms with Crippen molar-refractivity contribution in [2.75, 3.05) is 26.2 Å². The van der Waals surface area contributed by atoms with Crippen LogP contribution < -0.4 is 4.65 Å². The number of carbonyl (C=O) groups excluding carboxylic acids is 2. The van der Waals surface area contributed by atoms with E-state index in [1.807, 2.05) is 0 Å². The molecule has 6 nitrogen and oxygen atoms in total. The second kappa shape index (κ2) is 9.87. The van der Waals surface area contributed by atoms with Gasteiger partial charge in [0.1, 0.15) is 17.9 Å². The average Bonchev–Trinajstić information content (AvgIpc) is 2.74. The number of likely N-dealkylation sites (tertiary alicyclic amines) is 1. The van der Waals surface area contributed by atoms with Gasteiger partial charge in [0, 0.05) is 25.2 Å². The summed E-state index contributed by atoms with van der Waals surface area (Å²) in [6.45, 7) is 4.17. The van der Waals surface area contributed by atoms with Gasteiger partial charge < -0.3 is 14.4 Å². The van der Waals surface area contributed by atoms with Gasteiger partial charge in [-0.25, -0.2) is 4.79 Å². The normalized spacial score (nSPS) is 19.7. The molecule has 0 radical (unpaired) electrons. The highest BCUT2D eigenvalue weighted by molar-refractivity contribution is 6.47. The molecule has 0 unspecified atom stereocenters. The Morgan fingerprint density at radius 1 is 1.30 bits per heavy atom. The van der Waals surface area contributed by atoms with Crippen LogP contribution in [0.15, 0.2) is 18.2 Å². The van der Waals surface area contributed by atoms with Crippen LogP contribution in [-0.4, -0.2) is 61.0 Å². The minimum Gasteiger partial charge on any atom is -0.535 e. The lowest BCUT2D eigenvalue weighted by atomic mass is 9.64. The molecule has 0 saturated carbocycles. The Hall–Kier alpha value is -2.00. The van der Waals surface area contributed by atoms with Crippen LogP contribution in [0.4, 0.5) is 8.78 Å². The Morgan fingerprint density at radius 3 is 2.73 bits per heavy atom. The molecule has 3 rings (SSSR count). The number of Topliss-reactive ketones (excluding diaryl/α,β-unsaturated/α-hetero) is 1. The number of hydrogen-bond donors (Lipinski definition) is 1.